The highest BCUT2D eigenvalue weighted by Crippen LogP contribution is 2.19. The number of nitrogens with one attached hydrogen (secondary N) is 1. The van der Waals surface area contributed by atoms with E-state index in [1.807, 2.05) is 16.9 Å². The number of anilines is 1. The van der Waals surface area contributed by atoms with Crippen molar-refractivity contribution < 1.29 is 0 Å². The quantitative estimate of drug-likeness (QED) is 0.554. The van der Waals surface area contributed by atoms with Crippen molar-refractivity contribution in [1.29, 1.82) is 0 Å². The molecule has 0 saturated carbocycles. The van der Waals surface area contributed by atoms with E-state index in [1.54, 1.807) is 0 Å². The van der Waals surface area contributed by atoms with Crippen molar-refractivity contribution >= 4 is 5.82 Å². The molecule has 1 aromatic heterocycles. The van der Waals surface area contributed by atoms with E-state index >= 15 is 0 Å². The third kappa shape index (κ3) is 0.542. The van der Waals surface area contributed by atoms with Crippen LogP contribution < -0.4 is 5.32 Å². The number of nitrogens with zero attached hydrogens (tertiary/aromatic N) is 2. The molecule has 0 aromatic carbocycles. The molecule has 9 heavy (non-hydrogen) atoms. The maximum atomic E-state index is 4.13. The molecule has 0 amide bonds. The Morgan fingerprint density at radius 2 is 2.78 bits per heavy atom. The van der Waals surface area contributed by atoms with E-state index in [-0.39, 0.29) is 0 Å². The fourth-order valence-corrected chi connectivity index (χ4v) is 1.14. The van der Waals surface area contributed by atoms with Crippen LogP contribution in [0.2, 0.25) is 0 Å². The lowest BCUT2D eigenvalue weighted by Crippen LogP contribution is -2.03. The molecule has 1 N–H and O–H groups in total. The molecule has 1 atom stereocenters. The van der Waals surface area contributed by atoms with Crippen molar-refractivity contribution in [2.75, 3.05) is 11.9 Å². The Morgan fingerprint density at radius 1 is 1.89 bits per heavy atom. The average molecular weight is 123 g/mol. The first-order chi connectivity index (χ1) is 4.38. The van der Waals surface area contributed by atoms with Gasteiger partial charge in [0, 0.05) is 12.6 Å². The minimum absolute atomic E-state index is 0.523. The maximum Gasteiger partial charge on any atom is 0.124 e. The molecule has 3 nitrogen and oxygen atoms in total. The molecule has 3 heteroatoms. The second kappa shape index (κ2) is 1.50. The summed E-state index contributed by atoms with van der Waals surface area (Å²) in [6.07, 6.45) is 1.82. The van der Waals surface area contributed by atoms with Gasteiger partial charge in [0.05, 0.1) is 12.2 Å². The number of aromatic nitrogens is 2. The molecule has 0 saturated heterocycles. The summed E-state index contributed by atoms with van der Waals surface area (Å²) in [5.41, 5.74) is 0. The van der Waals surface area contributed by atoms with Gasteiger partial charge in [-0.3, -0.25) is 0 Å². The van der Waals surface area contributed by atoms with Crippen molar-refractivity contribution in [2.24, 2.45) is 0 Å². The molecule has 0 aliphatic carbocycles. The summed E-state index contributed by atoms with van der Waals surface area (Å²) in [6.45, 7) is 3.17. The lowest BCUT2D eigenvalue weighted by Gasteiger charge is -1.99. The number of hydrogen-bond donors (Lipinski definition) is 1. The van der Waals surface area contributed by atoms with Gasteiger partial charge < -0.3 is 5.32 Å². The topological polar surface area (TPSA) is 29.9 Å². The van der Waals surface area contributed by atoms with Gasteiger partial charge in [0.25, 0.3) is 0 Å². The number of hydrogen-bond acceptors (Lipinski definition) is 2. The van der Waals surface area contributed by atoms with Crippen LogP contribution in [0, 0.1) is 0 Å². The van der Waals surface area contributed by atoms with Crippen LogP contribution in [0.15, 0.2) is 12.3 Å². The van der Waals surface area contributed by atoms with Crippen LogP contribution in [0.25, 0.3) is 0 Å². The summed E-state index contributed by atoms with van der Waals surface area (Å²) in [5, 5.41) is 7.36. The highest BCUT2D eigenvalue weighted by atomic mass is 15.4. The van der Waals surface area contributed by atoms with Crippen LogP contribution in [0.4, 0.5) is 5.82 Å². The van der Waals surface area contributed by atoms with Crippen LogP contribution >= 0.6 is 0 Å². The normalized spacial score (nSPS) is 23.4. The Bertz CT molecular complexity index is 216. The van der Waals surface area contributed by atoms with Gasteiger partial charge in [0.15, 0.2) is 0 Å². The predicted molar refractivity (Wildman–Crippen MR) is 35.4 cm³/mol. The van der Waals surface area contributed by atoms with E-state index < -0.39 is 0 Å². The van der Waals surface area contributed by atoms with Gasteiger partial charge in [-0.25, -0.2) is 4.68 Å². The molecule has 48 valence electrons. The number of fused-ring (bicyclic) bond motifs is 1. The summed E-state index contributed by atoms with van der Waals surface area (Å²) in [5.74, 6) is 1.14. The first-order valence-electron chi connectivity index (χ1n) is 3.15. The first kappa shape index (κ1) is 4.85. The minimum Gasteiger partial charge on any atom is -0.368 e. The summed E-state index contributed by atoms with van der Waals surface area (Å²) in [4.78, 5) is 0. The van der Waals surface area contributed by atoms with Gasteiger partial charge in [0.2, 0.25) is 0 Å². The maximum absolute atomic E-state index is 4.13. The molecule has 2 rings (SSSR count). The van der Waals surface area contributed by atoms with Crippen LogP contribution in [-0.4, -0.2) is 16.3 Å². The van der Waals surface area contributed by atoms with Crippen LogP contribution in [-0.2, 0) is 0 Å². The van der Waals surface area contributed by atoms with Crippen molar-refractivity contribution in [2.45, 2.75) is 13.0 Å². The molecule has 1 aliphatic rings. The van der Waals surface area contributed by atoms with E-state index in [4.69, 9.17) is 0 Å². The summed E-state index contributed by atoms with van der Waals surface area (Å²) < 4.78 is 2.00. The summed E-state index contributed by atoms with van der Waals surface area (Å²) in [7, 11) is 0. The highest BCUT2D eigenvalue weighted by molar-refractivity contribution is 5.37. The van der Waals surface area contributed by atoms with E-state index in [0.29, 0.717) is 6.04 Å². The summed E-state index contributed by atoms with van der Waals surface area (Å²) in [6, 6.07) is 2.51. The molecule has 1 aromatic rings. The third-order valence-corrected chi connectivity index (χ3v) is 1.67. The van der Waals surface area contributed by atoms with Gasteiger partial charge in [-0.15, -0.1) is 0 Å². The second-order valence-corrected chi connectivity index (χ2v) is 2.39. The molecule has 0 spiro atoms. The fraction of sp³-hybridized carbons (Fsp3) is 0.500. The zero-order valence-electron chi connectivity index (χ0n) is 5.33. The van der Waals surface area contributed by atoms with Gasteiger partial charge in [-0.2, -0.15) is 5.10 Å². The Kier molecular flexibility index (Phi) is 0.806. The second-order valence-electron chi connectivity index (χ2n) is 2.39. The van der Waals surface area contributed by atoms with Crippen molar-refractivity contribution in [3.05, 3.63) is 12.3 Å². The Labute approximate surface area is 53.7 Å². The molecular formula is C6H9N3. The molecule has 2 heterocycles. The minimum atomic E-state index is 0.523. The lowest BCUT2D eigenvalue weighted by atomic mass is 10.4. The van der Waals surface area contributed by atoms with Gasteiger partial charge in [0.1, 0.15) is 5.82 Å². The van der Waals surface area contributed by atoms with Gasteiger partial charge in [-0.1, -0.05) is 0 Å². The highest BCUT2D eigenvalue weighted by Gasteiger charge is 2.15. The van der Waals surface area contributed by atoms with Gasteiger partial charge >= 0.3 is 0 Å². The van der Waals surface area contributed by atoms with Crippen LogP contribution in [0.1, 0.15) is 13.0 Å². The molecule has 1 unspecified atom stereocenters. The zero-order valence-corrected chi connectivity index (χ0v) is 5.33. The predicted octanol–water partition coefficient (Wildman–Crippen LogP) is 0.870. The molecule has 0 bridgehead atoms. The van der Waals surface area contributed by atoms with E-state index in [2.05, 4.69) is 17.3 Å². The van der Waals surface area contributed by atoms with Crippen molar-refractivity contribution in [3.8, 4) is 0 Å². The standard InChI is InChI=1S/C6H9N3/c1-5-4-7-6-2-3-8-9(5)6/h2-3,5,7H,4H2,1H3. The van der Waals surface area contributed by atoms with Crippen LogP contribution in [0.5, 0.6) is 0 Å². The average Bonchev–Trinajstić information content (AvgIpc) is 2.35. The zero-order chi connectivity index (χ0) is 6.27. The van der Waals surface area contributed by atoms with Crippen molar-refractivity contribution in [1.82, 2.24) is 9.78 Å². The van der Waals surface area contributed by atoms with E-state index in [0.717, 1.165) is 12.4 Å². The Hall–Kier alpha value is -0.990. The Morgan fingerprint density at radius 3 is 3.56 bits per heavy atom. The van der Waals surface area contributed by atoms with Crippen molar-refractivity contribution in [3.63, 3.8) is 0 Å². The smallest absolute Gasteiger partial charge is 0.124 e. The SMILES string of the molecule is CC1CNc2ccnn21. The monoisotopic (exact) mass is 123 g/mol. The third-order valence-electron chi connectivity index (χ3n) is 1.67. The van der Waals surface area contributed by atoms with E-state index in [1.165, 1.54) is 0 Å². The fourth-order valence-electron chi connectivity index (χ4n) is 1.14. The first-order valence-corrected chi connectivity index (χ1v) is 3.15. The molecule has 1 aliphatic heterocycles. The molecular weight excluding hydrogens is 114 g/mol. The van der Waals surface area contributed by atoms with E-state index in [9.17, 15) is 0 Å². The number of rotatable bonds is 0. The lowest BCUT2D eigenvalue weighted by molar-refractivity contribution is 0.561. The Balaban J connectivity index is 2.49. The van der Waals surface area contributed by atoms with Gasteiger partial charge in [-0.05, 0) is 6.92 Å². The molecule has 0 fully saturated rings. The summed E-state index contributed by atoms with van der Waals surface area (Å²) >= 11 is 0. The van der Waals surface area contributed by atoms with Crippen LogP contribution in [0.3, 0.4) is 0 Å². The largest absolute Gasteiger partial charge is 0.368 e. The molecule has 0 radical (unpaired) electrons.